The molecule has 1 saturated heterocycles. The number of thiazole rings is 1. The molecule has 23 heavy (non-hydrogen) atoms. The van der Waals surface area contributed by atoms with Crippen LogP contribution in [0.2, 0.25) is 0 Å². The molecule has 0 unspecified atom stereocenters. The van der Waals surface area contributed by atoms with E-state index in [2.05, 4.69) is 16.9 Å². The molecule has 1 fully saturated rings. The van der Waals surface area contributed by atoms with E-state index in [4.69, 9.17) is 4.74 Å². The van der Waals surface area contributed by atoms with Gasteiger partial charge >= 0.3 is 0 Å². The van der Waals surface area contributed by atoms with Crippen molar-refractivity contribution in [1.29, 1.82) is 0 Å². The molecule has 0 radical (unpaired) electrons. The first kappa shape index (κ1) is 15.9. The highest BCUT2D eigenvalue weighted by Gasteiger charge is 2.28. The van der Waals surface area contributed by atoms with Crippen LogP contribution < -0.4 is 4.74 Å². The second kappa shape index (κ2) is 7.08. The average molecular weight is 331 g/mol. The number of amides is 1. The molecule has 1 aliphatic heterocycles. The molecule has 2 aromatic rings. The smallest absolute Gasteiger partial charge is 0.259 e. The van der Waals surface area contributed by atoms with Crippen LogP contribution in [-0.2, 0) is 0 Å². The number of hydrogen-bond donors (Lipinski definition) is 0. The Labute approximate surface area is 140 Å². The summed E-state index contributed by atoms with van der Waals surface area (Å²) in [5.41, 5.74) is 0.547. The Balaban J connectivity index is 1.77. The maximum Gasteiger partial charge on any atom is 0.259 e. The van der Waals surface area contributed by atoms with E-state index in [9.17, 15) is 4.79 Å². The topological polar surface area (TPSA) is 55.3 Å². The number of pyridine rings is 1. The molecule has 1 atom stereocenters. The van der Waals surface area contributed by atoms with Gasteiger partial charge in [0.25, 0.3) is 5.91 Å². The average Bonchev–Trinajstić information content (AvgIpc) is 3.02. The SMILES string of the molecule is CCOc1ncccc1C(=O)N1CCC[C@@H](c2ncc(C)s2)C1. The Bertz CT molecular complexity index is 686. The Hall–Kier alpha value is -1.95. The van der Waals surface area contributed by atoms with E-state index in [-0.39, 0.29) is 5.91 Å². The van der Waals surface area contributed by atoms with Crippen molar-refractivity contribution in [1.82, 2.24) is 14.9 Å². The van der Waals surface area contributed by atoms with E-state index in [1.807, 2.05) is 18.0 Å². The van der Waals surface area contributed by atoms with Gasteiger partial charge in [-0.25, -0.2) is 9.97 Å². The van der Waals surface area contributed by atoms with Gasteiger partial charge in [0, 0.05) is 36.3 Å². The van der Waals surface area contributed by atoms with Gasteiger partial charge in [0.15, 0.2) is 0 Å². The van der Waals surface area contributed by atoms with Gasteiger partial charge in [-0.05, 0) is 38.8 Å². The number of likely N-dealkylation sites (tertiary alicyclic amines) is 1. The number of hydrogen-bond acceptors (Lipinski definition) is 5. The molecule has 1 aliphatic rings. The summed E-state index contributed by atoms with van der Waals surface area (Å²) < 4.78 is 5.49. The van der Waals surface area contributed by atoms with Crippen LogP contribution >= 0.6 is 11.3 Å². The number of nitrogens with zero attached hydrogens (tertiary/aromatic N) is 3. The van der Waals surface area contributed by atoms with Crippen LogP contribution in [0.3, 0.4) is 0 Å². The zero-order valence-electron chi connectivity index (χ0n) is 13.5. The Morgan fingerprint density at radius 3 is 3.09 bits per heavy atom. The van der Waals surface area contributed by atoms with Crippen molar-refractivity contribution in [3.8, 4) is 5.88 Å². The molecule has 122 valence electrons. The fourth-order valence-electron chi connectivity index (χ4n) is 2.90. The fourth-order valence-corrected chi connectivity index (χ4v) is 3.80. The molecule has 0 bridgehead atoms. The van der Waals surface area contributed by atoms with Crippen LogP contribution in [0.4, 0.5) is 0 Å². The van der Waals surface area contributed by atoms with E-state index in [1.165, 1.54) is 4.88 Å². The molecular weight excluding hydrogens is 310 g/mol. The molecule has 3 heterocycles. The molecule has 0 N–H and O–H groups in total. The lowest BCUT2D eigenvalue weighted by atomic mass is 9.98. The number of piperidine rings is 1. The standard InChI is InChI=1S/C17H21N3O2S/c1-3-22-15-14(7-4-8-18-15)17(21)20-9-5-6-13(11-20)16-19-10-12(2)23-16/h4,7-8,10,13H,3,5-6,9,11H2,1-2H3/t13-/m1/s1. The number of ether oxygens (including phenoxy) is 1. The summed E-state index contributed by atoms with van der Waals surface area (Å²) in [4.78, 5) is 24.7. The maximum absolute atomic E-state index is 12.9. The first-order valence-electron chi connectivity index (χ1n) is 7.98. The largest absolute Gasteiger partial charge is 0.477 e. The number of rotatable bonds is 4. The molecular formula is C17H21N3O2S. The molecule has 0 aromatic carbocycles. The summed E-state index contributed by atoms with van der Waals surface area (Å²) in [5.74, 6) is 0.755. The van der Waals surface area contributed by atoms with E-state index >= 15 is 0 Å². The van der Waals surface area contributed by atoms with Gasteiger partial charge < -0.3 is 9.64 Å². The highest BCUT2D eigenvalue weighted by Crippen LogP contribution is 2.31. The van der Waals surface area contributed by atoms with Gasteiger partial charge in [-0.3, -0.25) is 4.79 Å². The maximum atomic E-state index is 12.9. The fraction of sp³-hybridized carbons (Fsp3) is 0.471. The second-order valence-corrected chi connectivity index (χ2v) is 6.95. The van der Waals surface area contributed by atoms with E-state index < -0.39 is 0 Å². The lowest BCUT2D eigenvalue weighted by Gasteiger charge is -2.32. The highest BCUT2D eigenvalue weighted by atomic mass is 32.1. The Morgan fingerprint density at radius 2 is 2.35 bits per heavy atom. The van der Waals surface area contributed by atoms with Gasteiger partial charge in [-0.2, -0.15) is 0 Å². The summed E-state index contributed by atoms with van der Waals surface area (Å²) in [6.07, 6.45) is 5.65. The summed E-state index contributed by atoms with van der Waals surface area (Å²) in [6, 6.07) is 3.57. The third-order valence-corrected chi connectivity index (χ3v) is 5.05. The molecule has 0 saturated carbocycles. The van der Waals surface area contributed by atoms with Crippen molar-refractivity contribution in [2.75, 3.05) is 19.7 Å². The van der Waals surface area contributed by atoms with Crippen molar-refractivity contribution >= 4 is 17.2 Å². The van der Waals surface area contributed by atoms with Crippen molar-refractivity contribution in [2.45, 2.75) is 32.6 Å². The monoisotopic (exact) mass is 331 g/mol. The number of aryl methyl sites for hydroxylation is 1. The third kappa shape index (κ3) is 3.52. The first-order chi connectivity index (χ1) is 11.2. The molecule has 1 amide bonds. The second-order valence-electron chi connectivity index (χ2n) is 5.69. The molecule has 5 nitrogen and oxygen atoms in total. The van der Waals surface area contributed by atoms with Crippen molar-refractivity contribution in [2.24, 2.45) is 0 Å². The normalized spacial score (nSPS) is 18.0. The summed E-state index contributed by atoms with van der Waals surface area (Å²) >= 11 is 1.73. The van der Waals surface area contributed by atoms with Gasteiger partial charge in [0.05, 0.1) is 11.6 Å². The zero-order chi connectivity index (χ0) is 16.2. The van der Waals surface area contributed by atoms with Crippen LogP contribution in [0.15, 0.2) is 24.5 Å². The van der Waals surface area contributed by atoms with E-state index in [0.29, 0.717) is 30.5 Å². The van der Waals surface area contributed by atoms with E-state index in [0.717, 1.165) is 24.4 Å². The lowest BCUT2D eigenvalue weighted by Crippen LogP contribution is -2.39. The Kier molecular flexibility index (Phi) is 4.91. The van der Waals surface area contributed by atoms with E-state index in [1.54, 1.807) is 29.7 Å². The van der Waals surface area contributed by atoms with Crippen molar-refractivity contribution in [3.63, 3.8) is 0 Å². The minimum absolute atomic E-state index is 0.000437. The lowest BCUT2D eigenvalue weighted by molar-refractivity contribution is 0.0702. The first-order valence-corrected chi connectivity index (χ1v) is 8.80. The summed E-state index contributed by atoms with van der Waals surface area (Å²) in [6.45, 7) is 5.95. The van der Waals surface area contributed by atoms with Gasteiger partial charge in [-0.15, -0.1) is 11.3 Å². The Morgan fingerprint density at radius 1 is 1.48 bits per heavy atom. The van der Waals surface area contributed by atoms with Crippen LogP contribution in [-0.4, -0.2) is 40.5 Å². The zero-order valence-corrected chi connectivity index (χ0v) is 14.3. The van der Waals surface area contributed by atoms with Crippen molar-refractivity contribution < 1.29 is 9.53 Å². The van der Waals surface area contributed by atoms with Gasteiger partial charge in [0.2, 0.25) is 5.88 Å². The molecule has 0 aliphatic carbocycles. The number of aromatic nitrogens is 2. The number of carbonyl (C=O) groups is 1. The summed E-state index contributed by atoms with van der Waals surface area (Å²) in [7, 11) is 0. The molecule has 0 spiro atoms. The molecule has 6 heteroatoms. The van der Waals surface area contributed by atoms with Crippen molar-refractivity contribution in [3.05, 3.63) is 40.0 Å². The quantitative estimate of drug-likeness (QED) is 0.863. The molecule has 2 aromatic heterocycles. The summed E-state index contributed by atoms with van der Waals surface area (Å²) in [5, 5.41) is 1.14. The minimum atomic E-state index is -0.000437. The predicted molar refractivity (Wildman–Crippen MR) is 90.1 cm³/mol. The van der Waals surface area contributed by atoms with Crippen LogP contribution in [0.5, 0.6) is 5.88 Å². The van der Waals surface area contributed by atoms with Crippen LogP contribution in [0.1, 0.15) is 45.9 Å². The predicted octanol–water partition coefficient (Wildman–Crippen LogP) is 3.27. The van der Waals surface area contributed by atoms with Crippen LogP contribution in [0, 0.1) is 6.92 Å². The highest BCUT2D eigenvalue weighted by molar-refractivity contribution is 7.11. The minimum Gasteiger partial charge on any atom is -0.477 e. The third-order valence-electron chi connectivity index (χ3n) is 3.98. The van der Waals surface area contributed by atoms with Gasteiger partial charge in [0.1, 0.15) is 5.56 Å². The van der Waals surface area contributed by atoms with Gasteiger partial charge in [-0.1, -0.05) is 0 Å². The number of carbonyl (C=O) groups excluding carboxylic acids is 1. The molecule has 3 rings (SSSR count). The van der Waals surface area contributed by atoms with Crippen LogP contribution in [0.25, 0.3) is 0 Å².